The third-order valence-electron chi connectivity index (χ3n) is 2.94. The predicted octanol–water partition coefficient (Wildman–Crippen LogP) is 3.20. The fraction of sp³-hybridized carbons (Fsp3) is 0.917. The molecule has 0 saturated carbocycles. The molecular weight excluding hydrogens is 322 g/mol. The van der Waals surface area contributed by atoms with Crippen LogP contribution in [0.3, 0.4) is 0 Å². The molecule has 0 N–H and O–H groups in total. The van der Waals surface area contributed by atoms with Gasteiger partial charge in [0.15, 0.2) is 8.32 Å². The van der Waals surface area contributed by atoms with E-state index in [-0.39, 0.29) is 0 Å². The molecule has 0 aliphatic heterocycles. The topological polar surface area (TPSA) is 58.5 Å². The number of hydrogen-bond acceptors (Lipinski definition) is 6. The van der Waals surface area contributed by atoms with Crippen LogP contribution in [0, 0.1) is 0 Å². The van der Waals surface area contributed by atoms with Gasteiger partial charge in [-0.2, -0.15) is 0 Å². The van der Waals surface area contributed by atoms with E-state index >= 15 is 0 Å². The molecule has 0 spiro atoms. The molecule has 0 aromatic carbocycles. The summed E-state index contributed by atoms with van der Waals surface area (Å²) in [7, 11) is -1.80. The van der Waals surface area contributed by atoms with Gasteiger partial charge in [-0.15, -0.1) is 5.16 Å². The normalized spacial score (nSPS) is 13.2. The van der Waals surface area contributed by atoms with Crippen LogP contribution in [0.5, 0.6) is 0 Å². The van der Waals surface area contributed by atoms with Crippen LogP contribution in [0.4, 0.5) is 0 Å². The van der Waals surface area contributed by atoms with E-state index in [1.807, 2.05) is 26.9 Å². The minimum atomic E-state index is -2.54. The van der Waals surface area contributed by atoms with Crippen molar-refractivity contribution < 1.29 is 21.9 Å². The maximum atomic E-state index is 6.31. The van der Waals surface area contributed by atoms with Gasteiger partial charge in [-0.25, -0.2) is 0 Å². The minimum Gasteiger partial charge on any atom is -0.426 e. The van der Waals surface area contributed by atoms with E-state index < -0.39 is 25.7 Å². The lowest BCUT2D eigenvalue weighted by atomic mass is 10.5. The summed E-state index contributed by atoms with van der Waals surface area (Å²) in [4.78, 5) is 0. The third kappa shape index (κ3) is 8.24. The highest BCUT2D eigenvalue weighted by atomic mass is 28.4. The zero-order valence-corrected chi connectivity index (χ0v) is 17.9. The van der Waals surface area contributed by atoms with Crippen molar-refractivity contribution in [3.05, 3.63) is 0 Å². The van der Waals surface area contributed by atoms with Gasteiger partial charge in [-0.1, -0.05) is 0 Å². The van der Waals surface area contributed by atoms with Gasteiger partial charge in [0.25, 0.3) is 0 Å². The SMILES string of the molecule is CO[Si](CC[Si](C)(C)O[Si](C)(C)ON=C(C)C)(OC)OC. The molecule has 0 bridgehead atoms. The second kappa shape index (κ2) is 8.56. The molecule has 0 amide bonds. The van der Waals surface area contributed by atoms with Crippen LogP contribution in [-0.2, 0) is 21.9 Å². The van der Waals surface area contributed by atoms with E-state index in [0.29, 0.717) is 0 Å². The zero-order chi connectivity index (χ0) is 16.7. The summed E-state index contributed by atoms with van der Waals surface area (Å²) in [6.45, 7) is 12.2. The first-order valence-electron chi connectivity index (χ1n) is 7.06. The monoisotopic (exact) mass is 353 g/mol. The fourth-order valence-corrected chi connectivity index (χ4v) is 13.0. The standard InChI is InChI=1S/C12H31NO5Si3/c1-12(2)13-17-20(8,9)18-19(6,7)10-11-21(14-3,15-4)16-5/h10-11H2,1-9H3. The van der Waals surface area contributed by atoms with Crippen molar-refractivity contribution in [2.24, 2.45) is 5.16 Å². The number of nitrogens with zero attached hydrogens (tertiary/aromatic N) is 1. The van der Waals surface area contributed by atoms with Crippen LogP contribution < -0.4 is 0 Å². The molecule has 21 heavy (non-hydrogen) atoms. The Balaban J connectivity index is 4.65. The third-order valence-corrected chi connectivity index (χ3v) is 12.3. The molecule has 0 aromatic rings. The summed E-state index contributed by atoms with van der Waals surface area (Å²) < 4.78 is 28.3. The average molecular weight is 354 g/mol. The van der Waals surface area contributed by atoms with Gasteiger partial charge < -0.3 is 21.9 Å². The first-order valence-corrected chi connectivity index (χ1v) is 14.9. The summed E-state index contributed by atoms with van der Waals surface area (Å²) in [5.41, 5.74) is 0.892. The molecule has 0 rings (SSSR count). The second-order valence-corrected chi connectivity index (χ2v) is 17.1. The number of rotatable bonds is 10. The van der Waals surface area contributed by atoms with E-state index in [2.05, 4.69) is 18.2 Å². The number of oxime groups is 1. The molecule has 126 valence electrons. The Labute approximate surface area is 132 Å². The molecule has 0 radical (unpaired) electrons. The first-order chi connectivity index (χ1) is 9.51. The molecule has 0 saturated heterocycles. The predicted molar refractivity (Wildman–Crippen MR) is 92.3 cm³/mol. The molecule has 0 unspecified atom stereocenters. The van der Waals surface area contributed by atoms with Gasteiger partial charge in [0, 0.05) is 33.1 Å². The Morgan fingerprint density at radius 1 is 0.857 bits per heavy atom. The van der Waals surface area contributed by atoms with Crippen LogP contribution in [0.2, 0.25) is 38.3 Å². The fourth-order valence-electron chi connectivity index (χ4n) is 1.95. The van der Waals surface area contributed by atoms with E-state index in [9.17, 15) is 0 Å². The zero-order valence-electron chi connectivity index (χ0n) is 14.9. The van der Waals surface area contributed by atoms with Crippen molar-refractivity contribution in [3.8, 4) is 0 Å². The molecule has 9 heteroatoms. The summed E-state index contributed by atoms with van der Waals surface area (Å²) in [6.07, 6.45) is 0. The highest BCUT2D eigenvalue weighted by molar-refractivity contribution is 6.83. The molecule has 0 aliphatic rings. The molecule has 0 aliphatic carbocycles. The van der Waals surface area contributed by atoms with Gasteiger partial charge >= 0.3 is 17.4 Å². The van der Waals surface area contributed by atoms with Gasteiger partial charge in [-0.3, -0.25) is 0 Å². The smallest absolute Gasteiger partial charge is 0.426 e. The summed E-state index contributed by atoms with van der Waals surface area (Å²) in [5, 5.41) is 4.05. The minimum absolute atomic E-state index is 0.746. The van der Waals surface area contributed by atoms with Crippen molar-refractivity contribution in [1.82, 2.24) is 0 Å². The van der Waals surface area contributed by atoms with Gasteiger partial charge in [0.1, 0.15) is 0 Å². The maximum absolute atomic E-state index is 6.31. The van der Waals surface area contributed by atoms with E-state index in [1.165, 1.54) is 0 Å². The van der Waals surface area contributed by atoms with E-state index in [0.717, 1.165) is 17.8 Å². The summed E-state index contributed by atoms with van der Waals surface area (Å²) >= 11 is 0. The molecule has 6 nitrogen and oxygen atoms in total. The van der Waals surface area contributed by atoms with Gasteiger partial charge in [-0.05, 0) is 46.1 Å². The molecule has 0 heterocycles. The quantitative estimate of drug-likeness (QED) is 0.343. The van der Waals surface area contributed by atoms with Crippen LogP contribution in [0.25, 0.3) is 0 Å². The van der Waals surface area contributed by atoms with Crippen LogP contribution in [0.1, 0.15) is 13.8 Å². The Kier molecular flexibility index (Phi) is 8.54. The lowest BCUT2D eigenvalue weighted by Gasteiger charge is -2.33. The molecule has 0 atom stereocenters. The largest absolute Gasteiger partial charge is 0.499 e. The maximum Gasteiger partial charge on any atom is 0.499 e. The average Bonchev–Trinajstić information content (AvgIpc) is 2.38. The van der Waals surface area contributed by atoms with Crippen molar-refractivity contribution in [2.75, 3.05) is 21.3 Å². The van der Waals surface area contributed by atoms with E-state index in [1.54, 1.807) is 21.3 Å². The van der Waals surface area contributed by atoms with Crippen molar-refractivity contribution in [3.63, 3.8) is 0 Å². The van der Waals surface area contributed by atoms with E-state index in [4.69, 9.17) is 21.9 Å². The highest BCUT2D eigenvalue weighted by Gasteiger charge is 2.43. The summed E-state index contributed by atoms with van der Waals surface area (Å²) in [6, 6.07) is 1.64. The highest BCUT2D eigenvalue weighted by Crippen LogP contribution is 2.26. The molecular formula is C12H31NO5Si3. The Hall–Kier alpha value is -0.0394. The lowest BCUT2D eigenvalue weighted by molar-refractivity contribution is 0.124. The van der Waals surface area contributed by atoms with Gasteiger partial charge in [0.2, 0.25) is 0 Å². The number of hydrogen-bond donors (Lipinski definition) is 0. The van der Waals surface area contributed by atoms with Crippen molar-refractivity contribution >= 4 is 31.4 Å². The van der Waals surface area contributed by atoms with Crippen molar-refractivity contribution in [1.29, 1.82) is 0 Å². The van der Waals surface area contributed by atoms with Crippen LogP contribution in [0.15, 0.2) is 5.16 Å². The Morgan fingerprint density at radius 3 is 1.71 bits per heavy atom. The van der Waals surface area contributed by atoms with Crippen LogP contribution >= 0.6 is 0 Å². The second-order valence-electron chi connectivity index (χ2n) is 6.19. The Bertz CT molecular complexity index is 334. The lowest BCUT2D eigenvalue weighted by Crippen LogP contribution is -2.49. The molecule has 0 aromatic heterocycles. The molecule has 0 fully saturated rings. The van der Waals surface area contributed by atoms with Gasteiger partial charge in [0.05, 0.1) is 0 Å². The van der Waals surface area contributed by atoms with Crippen molar-refractivity contribution in [2.45, 2.75) is 52.1 Å². The summed E-state index contributed by atoms with van der Waals surface area (Å²) in [5.74, 6) is 0. The Morgan fingerprint density at radius 2 is 1.33 bits per heavy atom. The first kappa shape index (κ1) is 21.0. The van der Waals surface area contributed by atoms with Crippen LogP contribution in [-0.4, -0.2) is 52.7 Å².